The maximum absolute atomic E-state index is 2.44. The molecule has 5 rings (SSSR count). The predicted molar refractivity (Wildman–Crippen MR) is 143 cm³/mol. The van der Waals surface area contributed by atoms with Gasteiger partial charge in [-0.05, 0) is 25.2 Å². The number of rotatable bonds is 7. The van der Waals surface area contributed by atoms with Crippen LogP contribution >= 0.6 is 7.92 Å². The number of benzene rings is 3. The molecule has 0 aliphatic carbocycles. The molecule has 5 aromatic rings. The third kappa shape index (κ3) is 7.68. The van der Waals surface area contributed by atoms with Crippen LogP contribution in [0, 0.1) is 0 Å². The molecule has 0 saturated carbocycles. The van der Waals surface area contributed by atoms with Crippen LogP contribution in [0.4, 0.5) is 0 Å². The van der Waals surface area contributed by atoms with E-state index in [2.05, 4.69) is 105 Å². The van der Waals surface area contributed by atoms with Gasteiger partial charge in [0.15, 0.2) is 0 Å². The fourth-order valence-electron chi connectivity index (χ4n) is 4.29. The van der Waals surface area contributed by atoms with Crippen LogP contribution in [-0.4, -0.2) is 12.3 Å². The van der Waals surface area contributed by atoms with Gasteiger partial charge in [-0.3, -0.25) is 0 Å². The quantitative estimate of drug-likeness (QED) is 0.168. The van der Waals surface area contributed by atoms with Gasteiger partial charge in [0.05, 0.1) is 0 Å². The van der Waals surface area contributed by atoms with E-state index in [0.717, 1.165) is 0 Å². The molecule has 0 atom stereocenters. The second-order valence-electron chi connectivity index (χ2n) is 8.36. The Morgan fingerprint density at radius 2 is 1.09 bits per heavy atom. The summed E-state index contributed by atoms with van der Waals surface area (Å²) in [5.74, 6) is 0. The molecule has 0 fully saturated rings. The molecule has 34 heavy (non-hydrogen) atoms. The smallest absolute Gasteiger partial charge is 1.00 e. The van der Waals surface area contributed by atoms with Crippen molar-refractivity contribution in [3.63, 3.8) is 0 Å². The molecule has 0 unspecified atom stereocenters. The van der Waals surface area contributed by atoms with Gasteiger partial charge in [-0.15, -0.1) is 80.1 Å². The standard InChI is InChI=1S/C17H24P.C13H9.2ClH.Ti/c1-3-5-11-18(12-6-4-2)17-13-15-9-7-8-10-16(15)14-17;1-3-7-12-10(5-1)9-11-6-2-4-8-13(11)12;;;/h7-10,13-14H,3-6,11-12H2,1-2H3;1-9H;2*1H;/q2*-1;;;+4/p-2. The van der Waals surface area contributed by atoms with Crippen LogP contribution in [0.1, 0.15) is 39.5 Å². The fraction of sp³-hybridized carbons (Fsp3) is 0.267. The molecule has 0 spiro atoms. The van der Waals surface area contributed by atoms with Crippen LogP contribution in [0.2, 0.25) is 0 Å². The Morgan fingerprint density at radius 1 is 0.618 bits per heavy atom. The summed E-state index contributed by atoms with van der Waals surface area (Å²) in [6.45, 7) is 4.60. The molecule has 176 valence electrons. The summed E-state index contributed by atoms with van der Waals surface area (Å²) >= 11 is 0. The second-order valence-corrected chi connectivity index (χ2v) is 10.8. The number of halogens is 2. The second kappa shape index (κ2) is 15.8. The van der Waals surface area contributed by atoms with Gasteiger partial charge in [-0.1, -0.05) is 77.1 Å². The monoisotopic (exact) mass is 542 g/mol. The van der Waals surface area contributed by atoms with E-state index >= 15 is 0 Å². The topological polar surface area (TPSA) is 0 Å². The summed E-state index contributed by atoms with van der Waals surface area (Å²) in [5, 5.41) is 9.87. The van der Waals surface area contributed by atoms with Crippen LogP contribution in [0.3, 0.4) is 0 Å². The van der Waals surface area contributed by atoms with Crippen molar-refractivity contribution in [2.24, 2.45) is 0 Å². The zero-order valence-electron chi connectivity index (χ0n) is 20.1. The van der Waals surface area contributed by atoms with E-state index in [1.165, 1.54) is 70.3 Å². The average Bonchev–Trinajstić information content (AvgIpc) is 3.41. The minimum Gasteiger partial charge on any atom is -1.00 e. The Morgan fingerprint density at radius 3 is 1.59 bits per heavy atom. The van der Waals surface area contributed by atoms with Gasteiger partial charge in [0.1, 0.15) is 0 Å². The molecule has 0 aromatic heterocycles. The SMILES string of the molecule is CCCCP(CCCC)c1cc2ccccc2[cH-]1.[Cl-].[Cl-].[Ti+4].c1ccc2c(c1)[cH-]c1ccccc12. The molecular weight excluding hydrogens is 510 g/mol. The molecule has 4 heteroatoms. The average molecular weight is 543 g/mol. The van der Waals surface area contributed by atoms with E-state index in [4.69, 9.17) is 0 Å². The zero-order valence-corrected chi connectivity index (χ0v) is 24.1. The van der Waals surface area contributed by atoms with Crippen LogP contribution < -0.4 is 30.1 Å². The molecule has 0 aliphatic heterocycles. The Labute approximate surface area is 233 Å². The third-order valence-corrected chi connectivity index (χ3v) is 8.75. The normalized spacial score (nSPS) is 10.3. The number of hydrogen-bond donors (Lipinski definition) is 0. The first-order valence-electron chi connectivity index (χ1n) is 11.7. The summed E-state index contributed by atoms with van der Waals surface area (Å²) in [6.07, 6.45) is 8.26. The zero-order chi connectivity index (χ0) is 21.5. The summed E-state index contributed by atoms with van der Waals surface area (Å²) in [7, 11) is 0.0856. The number of unbranched alkanes of at least 4 members (excludes halogenated alkanes) is 2. The van der Waals surface area contributed by atoms with Gasteiger partial charge in [0.2, 0.25) is 0 Å². The van der Waals surface area contributed by atoms with E-state index in [1.807, 2.05) is 0 Å². The first-order chi connectivity index (χ1) is 15.3. The molecule has 0 N–H and O–H groups in total. The van der Waals surface area contributed by atoms with Crippen LogP contribution in [0.25, 0.3) is 32.3 Å². The van der Waals surface area contributed by atoms with Crippen molar-refractivity contribution in [1.29, 1.82) is 0 Å². The van der Waals surface area contributed by atoms with Gasteiger partial charge in [-0.25, -0.2) is 0 Å². The van der Waals surface area contributed by atoms with E-state index in [9.17, 15) is 0 Å². The molecule has 0 saturated heterocycles. The molecule has 0 aliphatic rings. The van der Waals surface area contributed by atoms with Crippen molar-refractivity contribution in [3.05, 3.63) is 91.0 Å². The van der Waals surface area contributed by atoms with Crippen molar-refractivity contribution < 1.29 is 46.5 Å². The molecule has 0 radical (unpaired) electrons. The van der Waals surface area contributed by atoms with Gasteiger partial charge >= 0.3 is 21.7 Å². The Balaban J connectivity index is 0.000000323. The maximum atomic E-state index is 2.44. The Kier molecular flexibility index (Phi) is 14.3. The van der Waals surface area contributed by atoms with Crippen molar-refractivity contribution in [3.8, 4) is 0 Å². The van der Waals surface area contributed by atoms with Crippen molar-refractivity contribution in [1.82, 2.24) is 0 Å². The van der Waals surface area contributed by atoms with Crippen molar-refractivity contribution in [2.75, 3.05) is 12.3 Å². The van der Waals surface area contributed by atoms with Crippen molar-refractivity contribution >= 4 is 45.5 Å². The van der Waals surface area contributed by atoms with E-state index in [0.29, 0.717) is 0 Å². The first-order valence-corrected chi connectivity index (χ1v) is 13.4. The summed E-state index contributed by atoms with van der Waals surface area (Å²) in [6, 6.07) is 32.9. The summed E-state index contributed by atoms with van der Waals surface area (Å²) < 4.78 is 0. The van der Waals surface area contributed by atoms with E-state index in [1.54, 1.807) is 5.30 Å². The van der Waals surface area contributed by atoms with Gasteiger partial charge < -0.3 is 24.8 Å². The Hall–Kier alpha value is -1.14. The largest absolute Gasteiger partial charge is 4.00 e. The minimum absolute atomic E-state index is 0. The Bertz CT molecular complexity index is 1150. The molecule has 0 heterocycles. The fourth-order valence-corrected chi connectivity index (χ4v) is 7.07. The predicted octanol–water partition coefficient (Wildman–Crippen LogP) is 2.98. The van der Waals surface area contributed by atoms with Crippen LogP contribution in [0.15, 0.2) is 91.0 Å². The molecule has 0 bridgehead atoms. The van der Waals surface area contributed by atoms with Gasteiger partial charge in [0.25, 0.3) is 0 Å². The molecule has 0 amide bonds. The first kappa shape index (κ1) is 30.9. The molecule has 5 aromatic carbocycles. The van der Waals surface area contributed by atoms with Crippen LogP contribution in [0.5, 0.6) is 0 Å². The van der Waals surface area contributed by atoms with E-state index in [-0.39, 0.29) is 54.5 Å². The molecule has 0 nitrogen and oxygen atoms in total. The van der Waals surface area contributed by atoms with Crippen LogP contribution in [-0.2, 0) is 21.7 Å². The number of hydrogen-bond acceptors (Lipinski definition) is 0. The van der Waals surface area contributed by atoms with E-state index < -0.39 is 0 Å². The number of fused-ring (bicyclic) bond motifs is 4. The molecular formula is C30H33Cl2PTi. The summed E-state index contributed by atoms with van der Waals surface area (Å²) in [5.41, 5.74) is 0. The summed E-state index contributed by atoms with van der Waals surface area (Å²) in [4.78, 5) is 0. The van der Waals surface area contributed by atoms with Gasteiger partial charge in [0, 0.05) is 0 Å². The third-order valence-electron chi connectivity index (χ3n) is 6.05. The van der Waals surface area contributed by atoms with Crippen molar-refractivity contribution in [2.45, 2.75) is 39.5 Å². The minimum atomic E-state index is 0. The van der Waals surface area contributed by atoms with Gasteiger partial charge in [-0.2, -0.15) is 6.07 Å². The maximum Gasteiger partial charge on any atom is 4.00 e.